The van der Waals surface area contributed by atoms with Gasteiger partial charge in [0.15, 0.2) is 0 Å². The minimum Gasteiger partial charge on any atom is -0.481 e. The zero-order valence-electron chi connectivity index (χ0n) is 12.4. The Morgan fingerprint density at radius 3 is 2.52 bits per heavy atom. The van der Waals surface area contributed by atoms with Crippen LogP contribution in [0, 0.1) is 5.41 Å². The molecule has 1 N–H and O–H groups in total. The first-order valence-electron chi connectivity index (χ1n) is 7.51. The van der Waals surface area contributed by atoms with Gasteiger partial charge in [-0.15, -0.1) is 0 Å². The summed E-state index contributed by atoms with van der Waals surface area (Å²) in [6, 6.07) is 14.8. The van der Waals surface area contributed by atoms with Crippen LogP contribution in [0.5, 0.6) is 0 Å². The van der Waals surface area contributed by atoms with Crippen molar-refractivity contribution in [2.45, 2.75) is 26.3 Å². The fourth-order valence-electron chi connectivity index (χ4n) is 3.09. The SMILES string of the molecule is CC1(C(=O)O)CCN(Cc2cccc3ccccc23)CC1. The number of hydrogen-bond acceptors (Lipinski definition) is 2. The van der Waals surface area contributed by atoms with Gasteiger partial charge in [0.05, 0.1) is 5.41 Å². The van der Waals surface area contributed by atoms with Crippen LogP contribution in [0.3, 0.4) is 0 Å². The summed E-state index contributed by atoms with van der Waals surface area (Å²) in [7, 11) is 0. The number of fused-ring (bicyclic) bond motifs is 1. The fourth-order valence-corrected chi connectivity index (χ4v) is 3.09. The standard InChI is InChI=1S/C18H21NO2/c1-18(17(20)21)9-11-19(12-10-18)13-15-7-4-6-14-5-2-3-8-16(14)15/h2-8H,9-13H2,1H3,(H,20,21). The molecule has 0 aliphatic carbocycles. The van der Waals surface area contributed by atoms with Gasteiger partial charge in [0, 0.05) is 6.54 Å². The van der Waals surface area contributed by atoms with Crippen LogP contribution in [0.15, 0.2) is 42.5 Å². The van der Waals surface area contributed by atoms with Crippen LogP contribution in [0.4, 0.5) is 0 Å². The van der Waals surface area contributed by atoms with E-state index in [2.05, 4.69) is 47.4 Å². The second-order valence-corrected chi connectivity index (χ2v) is 6.28. The second-order valence-electron chi connectivity index (χ2n) is 6.28. The molecule has 2 aromatic rings. The van der Waals surface area contributed by atoms with Crippen molar-refractivity contribution in [1.29, 1.82) is 0 Å². The number of nitrogens with zero attached hydrogens (tertiary/aromatic N) is 1. The Hall–Kier alpha value is -1.87. The normalized spacial score (nSPS) is 18.7. The second kappa shape index (κ2) is 5.49. The summed E-state index contributed by atoms with van der Waals surface area (Å²) in [5.74, 6) is -0.660. The van der Waals surface area contributed by atoms with E-state index in [1.54, 1.807) is 0 Å². The van der Waals surface area contributed by atoms with Crippen LogP contribution >= 0.6 is 0 Å². The van der Waals surface area contributed by atoms with Gasteiger partial charge in [0.1, 0.15) is 0 Å². The lowest BCUT2D eigenvalue weighted by Crippen LogP contribution is -2.42. The third-order valence-electron chi connectivity index (χ3n) is 4.75. The molecular formula is C18H21NO2. The minimum absolute atomic E-state index is 0.546. The van der Waals surface area contributed by atoms with Crippen molar-refractivity contribution in [3.63, 3.8) is 0 Å². The molecule has 0 bridgehead atoms. The van der Waals surface area contributed by atoms with Gasteiger partial charge in [-0.3, -0.25) is 9.69 Å². The number of piperidine rings is 1. The molecule has 0 radical (unpaired) electrons. The molecule has 0 amide bonds. The van der Waals surface area contributed by atoms with Crippen molar-refractivity contribution < 1.29 is 9.90 Å². The highest BCUT2D eigenvalue weighted by molar-refractivity contribution is 5.85. The molecule has 1 heterocycles. The van der Waals surface area contributed by atoms with Crippen molar-refractivity contribution in [1.82, 2.24) is 4.90 Å². The Kier molecular flexibility index (Phi) is 3.68. The first kappa shape index (κ1) is 14.1. The predicted octanol–water partition coefficient (Wildman–Crippen LogP) is 3.53. The molecule has 1 aliphatic heterocycles. The van der Waals surface area contributed by atoms with Crippen LogP contribution in [0.25, 0.3) is 10.8 Å². The molecule has 0 atom stereocenters. The highest BCUT2D eigenvalue weighted by Gasteiger charge is 2.36. The van der Waals surface area contributed by atoms with E-state index in [0.717, 1.165) is 32.5 Å². The number of hydrogen-bond donors (Lipinski definition) is 1. The molecule has 21 heavy (non-hydrogen) atoms. The molecule has 3 heteroatoms. The van der Waals surface area contributed by atoms with E-state index in [1.807, 2.05) is 6.92 Å². The Labute approximate surface area is 125 Å². The zero-order chi connectivity index (χ0) is 14.9. The molecule has 110 valence electrons. The van der Waals surface area contributed by atoms with Gasteiger partial charge in [0.25, 0.3) is 0 Å². The highest BCUT2D eigenvalue weighted by Crippen LogP contribution is 2.32. The smallest absolute Gasteiger partial charge is 0.309 e. The maximum Gasteiger partial charge on any atom is 0.309 e. The van der Waals surface area contributed by atoms with E-state index in [1.165, 1.54) is 16.3 Å². The number of likely N-dealkylation sites (tertiary alicyclic amines) is 1. The average molecular weight is 283 g/mol. The summed E-state index contributed by atoms with van der Waals surface area (Å²) in [4.78, 5) is 13.7. The Morgan fingerprint density at radius 1 is 1.14 bits per heavy atom. The fraction of sp³-hybridized carbons (Fsp3) is 0.389. The molecular weight excluding hydrogens is 262 g/mol. The molecule has 2 aromatic carbocycles. The summed E-state index contributed by atoms with van der Waals surface area (Å²) in [5.41, 5.74) is 0.780. The molecule has 1 aliphatic rings. The molecule has 0 unspecified atom stereocenters. The quantitative estimate of drug-likeness (QED) is 0.937. The van der Waals surface area contributed by atoms with Crippen molar-refractivity contribution in [3.8, 4) is 0 Å². The summed E-state index contributed by atoms with van der Waals surface area (Å²) >= 11 is 0. The van der Waals surface area contributed by atoms with Crippen LogP contribution < -0.4 is 0 Å². The monoisotopic (exact) mass is 283 g/mol. The third-order valence-corrected chi connectivity index (χ3v) is 4.75. The maximum atomic E-state index is 11.3. The zero-order valence-corrected chi connectivity index (χ0v) is 12.4. The van der Waals surface area contributed by atoms with E-state index < -0.39 is 11.4 Å². The van der Waals surface area contributed by atoms with Gasteiger partial charge in [-0.25, -0.2) is 0 Å². The van der Waals surface area contributed by atoms with Gasteiger partial charge in [-0.1, -0.05) is 42.5 Å². The Morgan fingerprint density at radius 2 is 1.81 bits per heavy atom. The van der Waals surface area contributed by atoms with Crippen molar-refractivity contribution in [2.24, 2.45) is 5.41 Å². The van der Waals surface area contributed by atoms with E-state index >= 15 is 0 Å². The Balaban J connectivity index is 1.74. The summed E-state index contributed by atoms with van der Waals surface area (Å²) < 4.78 is 0. The van der Waals surface area contributed by atoms with Crippen molar-refractivity contribution >= 4 is 16.7 Å². The van der Waals surface area contributed by atoms with Crippen LogP contribution in [-0.2, 0) is 11.3 Å². The molecule has 0 saturated carbocycles. The number of carboxylic acid groups (broad SMARTS) is 1. The summed E-state index contributed by atoms with van der Waals surface area (Å²) in [6.07, 6.45) is 1.46. The number of benzene rings is 2. The topological polar surface area (TPSA) is 40.5 Å². The van der Waals surface area contributed by atoms with Gasteiger partial charge in [-0.2, -0.15) is 0 Å². The average Bonchev–Trinajstić information content (AvgIpc) is 2.50. The first-order chi connectivity index (χ1) is 10.1. The number of carboxylic acids is 1. The van der Waals surface area contributed by atoms with Crippen molar-refractivity contribution in [2.75, 3.05) is 13.1 Å². The lowest BCUT2D eigenvalue weighted by molar-refractivity contribution is -0.150. The van der Waals surface area contributed by atoms with Crippen LogP contribution in [0.2, 0.25) is 0 Å². The number of aliphatic carboxylic acids is 1. The molecule has 1 fully saturated rings. The van der Waals surface area contributed by atoms with Crippen LogP contribution in [-0.4, -0.2) is 29.1 Å². The maximum absolute atomic E-state index is 11.3. The predicted molar refractivity (Wildman–Crippen MR) is 84.2 cm³/mol. The number of rotatable bonds is 3. The Bertz CT molecular complexity index is 652. The minimum atomic E-state index is -0.660. The molecule has 0 spiro atoms. The number of carbonyl (C=O) groups is 1. The van der Waals surface area contributed by atoms with E-state index in [9.17, 15) is 9.90 Å². The first-order valence-corrected chi connectivity index (χ1v) is 7.51. The highest BCUT2D eigenvalue weighted by atomic mass is 16.4. The van der Waals surface area contributed by atoms with Crippen molar-refractivity contribution in [3.05, 3.63) is 48.0 Å². The van der Waals surface area contributed by atoms with Gasteiger partial charge in [-0.05, 0) is 49.2 Å². The molecule has 1 saturated heterocycles. The van der Waals surface area contributed by atoms with Crippen LogP contribution in [0.1, 0.15) is 25.3 Å². The third kappa shape index (κ3) is 2.79. The van der Waals surface area contributed by atoms with E-state index in [4.69, 9.17) is 0 Å². The van der Waals surface area contributed by atoms with E-state index in [-0.39, 0.29) is 0 Å². The van der Waals surface area contributed by atoms with Gasteiger partial charge >= 0.3 is 5.97 Å². The lowest BCUT2D eigenvalue weighted by atomic mass is 9.80. The lowest BCUT2D eigenvalue weighted by Gasteiger charge is -2.36. The summed E-state index contributed by atoms with van der Waals surface area (Å²) in [6.45, 7) is 4.47. The largest absolute Gasteiger partial charge is 0.481 e. The molecule has 3 rings (SSSR count). The van der Waals surface area contributed by atoms with Gasteiger partial charge < -0.3 is 5.11 Å². The van der Waals surface area contributed by atoms with Gasteiger partial charge in [0.2, 0.25) is 0 Å². The van der Waals surface area contributed by atoms with E-state index in [0.29, 0.717) is 0 Å². The molecule has 0 aromatic heterocycles. The summed E-state index contributed by atoms with van der Waals surface area (Å²) in [5, 5.41) is 11.9. The molecule has 3 nitrogen and oxygen atoms in total.